The quantitative estimate of drug-likeness (QED) is 0.727. The summed E-state index contributed by atoms with van der Waals surface area (Å²) < 4.78 is 12.5. The van der Waals surface area contributed by atoms with Crippen LogP contribution in [0.15, 0.2) is 0 Å². The molecule has 8 heavy (non-hydrogen) atoms. The van der Waals surface area contributed by atoms with Crippen molar-refractivity contribution < 1.29 is 2.69 Å². The molecule has 50 valence electrons. The Morgan fingerprint density at radius 2 is 1.75 bits per heavy atom. The zero-order chi connectivity index (χ0) is 6.62. The predicted octanol–water partition coefficient (Wildman–Crippen LogP) is 2.25. The molecule has 0 aromatic rings. The summed E-state index contributed by atoms with van der Waals surface area (Å²) in [6.45, 7) is 3.13. The van der Waals surface area contributed by atoms with Gasteiger partial charge in [-0.1, -0.05) is 0 Å². The first-order chi connectivity index (χ1) is 3.56. The molecule has 0 aromatic carbocycles. The maximum atomic E-state index is 5.60. The van der Waals surface area contributed by atoms with E-state index in [4.69, 9.17) is 2.69 Å². The standard InChI is InChI=1S/C3H7O.3CH3.Pb/c1-2-3-4;;;;/h2-3H2,1H3;3*1H3;/q-1;;;;+1. The number of hydrogen-bond acceptors (Lipinski definition) is 1. The molecule has 0 radical (unpaired) electrons. The first-order valence-corrected chi connectivity index (χ1v) is 16.4. The molecule has 0 saturated carbocycles. The van der Waals surface area contributed by atoms with Crippen molar-refractivity contribution in [3.63, 3.8) is 0 Å². The van der Waals surface area contributed by atoms with Gasteiger partial charge in [0.05, 0.1) is 0 Å². The van der Waals surface area contributed by atoms with Crippen molar-refractivity contribution >= 4 is 21.6 Å². The Labute approximate surface area is 57.7 Å². The molecule has 0 aliphatic carbocycles. The fourth-order valence-electron chi connectivity index (χ4n) is 0.408. The van der Waals surface area contributed by atoms with Gasteiger partial charge in [-0.2, -0.15) is 0 Å². The third-order valence-corrected chi connectivity index (χ3v) is 4.90. The summed E-state index contributed by atoms with van der Waals surface area (Å²) in [5.41, 5.74) is 0. The Morgan fingerprint density at radius 3 is 1.88 bits per heavy atom. The predicted molar refractivity (Wildman–Crippen MR) is 39.6 cm³/mol. The normalized spacial score (nSPS) is 12.0. The van der Waals surface area contributed by atoms with Crippen molar-refractivity contribution in [2.45, 2.75) is 26.8 Å². The fourth-order valence-corrected chi connectivity index (χ4v) is 3.58. The van der Waals surface area contributed by atoms with Crippen LogP contribution in [0.1, 0.15) is 13.3 Å². The molecular weight excluding hydrogens is 295 g/mol. The molecule has 0 amide bonds. The van der Waals surface area contributed by atoms with Gasteiger partial charge in [0, 0.05) is 0 Å². The van der Waals surface area contributed by atoms with Crippen LogP contribution in [-0.2, 0) is 2.69 Å². The minimum absolute atomic E-state index is 0.977. The molecule has 0 aromatic heterocycles. The van der Waals surface area contributed by atoms with Gasteiger partial charge in [-0.05, 0) is 0 Å². The SMILES string of the molecule is CCC[O][Pb]([CH3])([CH3])[CH3]. The van der Waals surface area contributed by atoms with Crippen molar-refractivity contribution in [3.8, 4) is 0 Å². The van der Waals surface area contributed by atoms with Gasteiger partial charge in [0.1, 0.15) is 0 Å². The van der Waals surface area contributed by atoms with Crippen LogP contribution in [0.3, 0.4) is 0 Å². The molecule has 0 aliphatic rings. The van der Waals surface area contributed by atoms with Crippen LogP contribution in [0, 0.1) is 0 Å². The van der Waals surface area contributed by atoms with Gasteiger partial charge in [0.25, 0.3) is 0 Å². The zero-order valence-electron chi connectivity index (χ0n) is 6.32. The van der Waals surface area contributed by atoms with E-state index in [9.17, 15) is 0 Å². The number of hydrogen-bond donors (Lipinski definition) is 0. The second kappa shape index (κ2) is 3.82. The Kier molecular flexibility index (Phi) is 4.24. The average Bonchev–Trinajstić information content (AvgIpc) is 1.59. The van der Waals surface area contributed by atoms with Gasteiger partial charge in [0.15, 0.2) is 0 Å². The van der Waals surface area contributed by atoms with E-state index in [1.807, 2.05) is 0 Å². The molecule has 1 nitrogen and oxygen atoms in total. The molecule has 0 unspecified atom stereocenters. The summed E-state index contributed by atoms with van der Waals surface area (Å²) in [5.74, 6) is 0. The van der Waals surface area contributed by atoms with E-state index in [0.717, 1.165) is 13.0 Å². The molecule has 2 heteroatoms. The van der Waals surface area contributed by atoms with Gasteiger partial charge >= 0.3 is 57.7 Å². The van der Waals surface area contributed by atoms with E-state index in [2.05, 4.69) is 20.4 Å². The van der Waals surface area contributed by atoms with Gasteiger partial charge in [-0.3, -0.25) is 0 Å². The number of rotatable bonds is 3. The van der Waals surface area contributed by atoms with E-state index in [1.54, 1.807) is 0 Å². The van der Waals surface area contributed by atoms with Crippen molar-refractivity contribution in [2.75, 3.05) is 6.61 Å². The molecule has 0 atom stereocenters. The second-order valence-electron chi connectivity index (χ2n) is 2.96. The van der Waals surface area contributed by atoms with Crippen LogP contribution in [0.25, 0.3) is 0 Å². The Hall–Kier alpha value is 0.882. The van der Waals surface area contributed by atoms with Crippen LogP contribution in [0.4, 0.5) is 0 Å². The zero-order valence-corrected chi connectivity index (χ0v) is 10.2. The third kappa shape index (κ3) is 6.88. The van der Waals surface area contributed by atoms with Crippen LogP contribution >= 0.6 is 0 Å². The minimum atomic E-state index is -1.92. The molecule has 0 aliphatic heterocycles. The van der Waals surface area contributed by atoms with Crippen LogP contribution in [0.5, 0.6) is 0 Å². The topological polar surface area (TPSA) is 9.23 Å². The molecule has 0 fully saturated rings. The molecule has 0 heterocycles. The molecule has 0 saturated heterocycles. The Morgan fingerprint density at radius 1 is 1.25 bits per heavy atom. The molecular formula is C6H16OPb. The van der Waals surface area contributed by atoms with Gasteiger partial charge in [-0.25, -0.2) is 0 Å². The van der Waals surface area contributed by atoms with E-state index in [0.29, 0.717) is 0 Å². The molecule has 0 N–H and O–H groups in total. The third-order valence-electron chi connectivity index (χ3n) is 0.739. The first-order valence-electron chi connectivity index (χ1n) is 3.20. The average molecular weight is 311 g/mol. The van der Waals surface area contributed by atoms with Crippen molar-refractivity contribution in [2.24, 2.45) is 0 Å². The fraction of sp³-hybridized carbons (Fsp3) is 1.00. The first kappa shape index (κ1) is 8.88. The van der Waals surface area contributed by atoms with Crippen molar-refractivity contribution in [1.82, 2.24) is 0 Å². The second-order valence-corrected chi connectivity index (χ2v) is 20.5. The van der Waals surface area contributed by atoms with Crippen LogP contribution < -0.4 is 0 Å². The van der Waals surface area contributed by atoms with E-state index in [1.165, 1.54) is 0 Å². The monoisotopic (exact) mass is 312 g/mol. The van der Waals surface area contributed by atoms with E-state index < -0.39 is 21.6 Å². The van der Waals surface area contributed by atoms with Crippen molar-refractivity contribution in [1.29, 1.82) is 0 Å². The van der Waals surface area contributed by atoms with Gasteiger partial charge in [-0.15, -0.1) is 0 Å². The van der Waals surface area contributed by atoms with E-state index in [-0.39, 0.29) is 0 Å². The van der Waals surface area contributed by atoms with Crippen LogP contribution in [-0.4, -0.2) is 28.2 Å². The summed E-state index contributed by atoms with van der Waals surface area (Å²) in [7, 11) is 0. The maximum absolute atomic E-state index is 5.60. The molecule has 0 bridgehead atoms. The summed E-state index contributed by atoms with van der Waals surface area (Å²) in [4.78, 5) is 0. The van der Waals surface area contributed by atoms with Crippen molar-refractivity contribution in [3.05, 3.63) is 0 Å². The van der Waals surface area contributed by atoms with Gasteiger partial charge < -0.3 is 0 Å². The molecule has 0 spiro atoms. The summed E-state index contributed by atoms with van der Waals surface area (Å²) >= 11 is -1.92. The Balaban J connectivity index is 3.11. The summed E-state index contributed by atoms with van der Waals surface area (Å²) in [5, 5.41) is 0. The Bertz CT molecular complexity index is 56.0. The van der Waals surface area contributed by atoms with E-state index >= 15 is 0 Å². The van der Waals surface area contributed by atoms with Crippen LogP contribution in [0.2, 0.25) is 13.4 Å². The van der Waals surface area contributed by atoms with Gasteiger partial charge in [0.2, 0.25) is 0 Å². The summed E-state index contributed by atoms with van der Waals surface area (Å²) in [6.07, 6.45) is 1.16. The summed E-state index contributed by atoms with van der Waals surface area (Å²) in [6, 6.07) is 0. The molecule has 0 rings (SSSR count).